The Morgan fingerprint density at radius 2 is 1.95 bits per heavy atom. The van der Waals surface area contributed by atoms with E-state index in [1.807, 2.05) is 0 Å². The summed E-state index contributed by atoms with van der Waals surface area (Å²) < 4.78 is 27.1. The molecule has 2 unspecified atom stereocenters. The molecule has 2 N–H and O–H groups in total. The van der Waals surface area contributed by atoms with Gasteiger partial charge in [-0.15, -0.1) is 0 Å². The lowest BCUT2D eigenvalue weighted by molar-refractivity contribution is -0.142. The van der Waals surface area contributed by atoms with Gasteiger partial charge in [0.05, 0.1) is 24.0 Å². The van der Waals surface area contributed by atoms with Gasteiger partial charge in [0.2, 0.25) is 0 Å². The van der Waals surface area contributed by atoms with E-state index in [1.54, 1.807) is 0 Å². The molecule has 0 aromatic rings. The van der Waals surface area contributed by atoms with Crippen molar-refractivity contribution >= 4 is 21.8 Å². The average Bonchev–Trinajstić information content (AvgIpc) is 2.82. The third-order valence-corrected chi connectivity index (χ3v) is 6.01. The summed E-state index contributed by atoms with van der Waals surface area (Å²) in [5.41, 5.74) is 0. The molecule has 0 bridgehead atoms. The molecule has 0 aliphatic carbocycles. The maximum atomic E-state index is 12.0. The first-order valence-corrected chi connectivity index (χ1v) is 8.37. The predicted molar refractivity (Wildman–Crippen MR) is 75.8 cm³/mol. The van der Waals surface area contributed by atoms with Crippen molar-refractivity contribution in [1.29, 1.82) is 0 Å². The summed E-state index contributed by atoms with van der Waals surface area (Å²) in [7, 11) is -1.85. The highest BCUT2D eigenvalue weighted by Crippen LogP contribution is 2.19. The maximum Gasteiger partial charge on any atom is 0.317 e. The first kappa shape index (κ1) is 17.7. The molecular weight excluding hydrogens is 300 g/mol. The summed E-state index contributed by atoms with van der Waals surface area (Å²) in [5, 5.41) is 11.6. The Bertz CT molecular complexity index is 516. The Labute approximate surface area is 124 Å². The smallest absolute Gasteiger partial charge is 0.317 e. The zero-order valence-electron chi connectivity index (χ0n) is 12.6. The number of carbonyl (C=O) groups excluding carboxylic acids is 1. The van der Waals surface area contributed by atoms with E-state index in [9.17, 15) is 18.0 Å². The number of nitrogens with zero attached hydrogens (tertiary/aromatic N) is 1. The summed E-state index contributed by atoms with van der Waals surface area (Å²) in [4.78, 5) is 24.4. The molecule has 0 aromatic carbocycles. The highest BCUT2D eigenvalue weighted by atomic mass is 32.2. The fraction of sp³-hybridized carbons (Fsp3) is 0.833. The van der Waals surface area contributed by atoms with Gasteiger partial charge < -0.3 is 20.1 Å². The van der Waals surface area contributed by atoms with Crippen molar-refractivity contribution in [3.63, 3.8) is 0 Å². The van der Waals surface area contributed by atoms with Gasteiger partial charge in [0, 0.05) is 19.8 Å². The van der Waals surface area contributed by atoms with Crippen LogP contribution in [0.2, 0.25) is 0 Å². The summed E-state index contributed by atoms with van der Waals surface area (Å²) in [6, 6.07) is -1.09. The number of carboxylic acids is 1. The fourth-order valence-corrected chi connectivity index (χ4v) is 2.19. The van der Waals surface area contributed by atoms with Gasteiger partial charge in [0.1, 0.15) is 5.92 Å². The summed E-state index contributed by atoms with van der Waals surface area (Å²) in [6.07, 6.45) is 1.11. The highest BCUT2D eigenvalue weighted by molar-refractivity contribution is 7.92. The molecule has 1 saturated heterocycles. The standard InChI is InChI=1S/C12H22N2O6S/c1-12(2,21(4,18)19)7-13-11(17)14(3)9-6-20-5-8(9)10(15)16/h8-9H,5-7H2,1-4H3,(H,13,17)(H,15,16). The lowest BCUT2D eigenvalue weighted by Crippen LogP contribution is -2.52. The van der Waals surface area contributed by atoms with Gasteiger partial charge in [0.25, 0.3) is 0 Å². The van der Waals surface area contributed by atoms with E-state index in [0.717, 1.165) is 6.26 Å². The van der Waals surface area contributed by atoms with E-state index in [4.69, 9.17) is 9.84 Å². The molecule has 1 heterocycles. The van der Waals surface area contributed by atoms with Crippen molar-refractivity contribution < 1.29 is 27.9 Å². The van der Waals surface area contributed by atoms with Gasteiger partial charge >= 0.3 is 12.0 Å². The molecular formula is C12H22N2O6S. The molecule has 122 valence electrons. The zero-order chi connectivity index (χ0) is 16.4. The molecule has 8 nitrogen and oxygen atoms in total. The Kier molecular flexibility index (Phi) is 5.21. The van der Waals surface area contributed by atoms with E-state index in [2.05, 4.69) is 5.32 Å². The molecule has 2 amide bonds. The Balaban J connectivity index is 2.66. The molecule has 1 aliphatic rings. The molecule has 2 atom stereocenters. The van der Waals surface area contributed by atoms with Crippen LogP contribution in [-0.2, 0) is 19.4 Å². The Hall–Kier alpha value is -1.35. The van der Waals surface area contributed by atoms with Crippen molar-refractivity contribution in [3.8, 4) is 0 Å². The molecule has 1 aliphatic heterocycles. The van der Waals surface area contributed by atoms with Gasteiger partial charge in [-0.05, 0) is 13.8 Å². The van der Waals surface area contributed by atoms with Crippen LogP contribution < -0.4 is 5.32 Å². The van der Waals surface area contributed by atoms with Crippen LogP contribution in [0.3, 0.4) is 0 Å². The van der Waals surface area contributed by atoms with E-state index in [1.165, 1.54) is 25.8 Å². The lowest BCUT2D eigenvalue weighted by Gasteiger charge is -2.29. The molecule has 9 heteroatoms. The van der Waals surface area contributed by atoms with Crippen LogP contribution in [0.15, 0.2) is 0 Å². The molecule has 0 saturated carbocycles. The monoisotopic (exact) mass is 322 g/mol. The van der Waals surface area contributed by atoms with E-state index >= 15 is 0 Å². The second-order valence-corrected chi connectivity index (χ2v) is 8.50. The molecule has 0 radical (unpaired) electrons. The van der Waals surface area contributed by atoms with Crippen LogP contribution in [0.25, 0.3) is 0 Å². The van der Waals surface area contributed by atoms with Gasteiger partial charge in [-0.2, -0.15) is 0 Å². The molecule has 0 spiro atoms. The van der Waals surface area contributed by atoms with Crippen molar-refractivity contribution in [2.24, 2.45) is 5.92 Å². The number of urea groups is 1. The molecule has 0 aromatic heterocycles. The third kappa shape index (κ3) is 4.07. The Morgan fingerprint density at radius 3 is 2.43 bits per heavy atom. The summed E-state index contributed by atoms with van der Waals surface area (Å²) in [5.74, 6) is -1.79. The number of hydrogen-bond donors (Lipinski definition) is 2. The van der Waals surface area contributed by atoms with Gasteiger partial charge in [-0.3, -0.25) is 4.79 Å². The van der Waals surface area contributed by atoms with Crippen LogP contribution in [0, 0.1) is 5.92 Å². The third-order valence-electron chi connectivity index (χ3n) is 3.85. The minimum atomic E-state index is -3.32. The number of carbonyl (C=O) groups is 2. The van der Waals surface area contributed by atoms with Gasteiger partial charge in [-0.1, -0.05) is 0 Å². The highest BCUT2D eigenvalue weighted by Gasteiger charge is 2.39. The van der Waals surface area contributed by atoms with Crippen LogP contribution in [0.5, 0.6) is 0 Å². The maximum absolute atomic E-state index is 12.0. The number of nitrogens with one attached hydrogen (secondary N) is 1. The van der Waals surface area contributed by atoms with E-state index in [0.29, 0.717) is 0 Å². The van der Waals surface area contributed by atoms with Crippen molar-refractivity contribution in [3.05, 3.63) is 0 Å². The minimum Gasteiger partial charge on any atom is -0.481 e. The number of likely N-dealkylation sites (N-methyl/N-ethyl adjacent to an activating group) is 1. The van der Waals surface area contributed by atoms with Crippen molar-refractivity contribution in [2.45, 2.75) is 24.6 Å². The van der Waals surface area contributed by atoms with Crippen LogP contribution >= 0.6 is 0 Å². The van der Waals surface area contributed by atoms with Crippen LogP contribution in [0.1, 0.15) is 13.8 Å². The quantitative estimate of drug-likeness (QED) is 0.709. The van der Waals surface area contributed by atoms with Gasteiger partial charge in [0.15, 0.2) is 9.84 Å². The topological polar surface area (TPSA) is 113 Å². The minimum absolute atomic E-state index is 0.0552. The number of amides is 2. The SMILES string of the molecule is CN(C(=O)NCC(C)(C)S(C)(=O)=O)C1COCC1C(=O)O. The first-order chi connectivity index (χ1) is 9.47. The summed E-state index contributed by atoms with van der Waals surface area (Å²) in [6.45, 7) is 3.19. The second kappa shape index (κ2) is 6.18. The van der Waals surface area contributed by atoms with Crippen molar-refractivity contribution in [1.82, 2.24) is 10.2 Å². The van der Waals surface area contributed by atoms with Crippen LogP contribution in [-0.4, -0.2) is 74.3 Å². The Morgan fingerprint density at radius 1 is 1.38 bits per heavy atom. The fourth-order valence-electron chi connectivity index (χ4n) is 1.86. The average molecular weight is 322 g/mol. The van der Waals surface area contributed by atoms with E-state index in [-0.39, 0.29) is 19.8 Å². The number of ether oxygens (including phenoxy) is 1. The molecule has 21 heavy (non-hydrogen) atoms. The normalized spacial score (nSPS) is 22.9. The van der Waals surface area contributed by atoms with E-state index < -0.39 is 38.5 Å². The van der Waals surface area contributed by atoms with Crippen molar-refractivity contribution in [2.75, 3.05) is 33.1 Å². The second-order valence-electron chi connectivity index (χ2n) is 5.85. The zero-order valence-corrected chi connectivity index (χ0v) is 13.4. The summed E-state index contributed by atoms with van der Waals surface area (Å²) >= 11 is 0. The number of sulfone groups is 1. The predicted octanol–water partition coefficient (Wildman–Crippen LogP) is -0.449. The first-order valence-electron chi connectivity index (χ1n) is 6.48. The largest absolute Gasteiger partial charge is 0.481 e. The molecule has 1 fully saturated rings. The van der Waals surface area contributed by atoms with Gasteiger partial charge in [-0.25, -0.2) is 13.2 Å². The number of rotatable bonds is 5. The lowest BCUT2D eigenvalue weighted by atomic mass is 10.0. The number of hydrogen-bond acceptors (Lipinski definition) is 5. The number of aliphatic carboxylic acids is 1. The van der Waals surface area contributed by atoms with Crippen LogP contribution in [0.4, 0.5) is 4.79 Å². The number of carboxylic acid groups (broad SMARTS) is 1. The molecule has 1 rings (SSSR count).